The van der Waals surface area contributed by atoms with Crippen molar-refractivity contribution in [2.75, 3.05) is 5.32 Å². The largest absolute Gasteiger partial charge is 0.486 e. The summed E-state index contributed by atoms with van der Waals surface area (Å²) in [6.07, 6.45) is 3.70. The summed E-state index contributed by atoms with van der Waals surface area (Å²) in [6.45, 7) is 2.87. The molecule has 0 radical (unpaired) electrons. The third-order valence-corrected chi connectivity index (χ3v) is 4.96. The van der Waals surface area contributed by atoms with Crippen LogP contribution in [0.2, 0.25) is 5.02 Å². The smallest absolute Gasteiger partial charge is 0.293 e. The Balaban J connectivity index is 1.30. The minimum Gasteiger partial charge on any atom is -0.486 e. The molecule has 0 atom stereocenters. The zero-order valence-electron chi connectivity index (χ0n) is 17.6. The molecule has 2 heterocycles. The van der Waals surface area contributed by atoms with E-state index in [0.717, 1.165) is 24.2 Å². The molecule has 2 aromatic carbocycles. The SMILES string of the molecule is CCCc1ccc(OCc2ccc(C(=O)Nc3ncn(Cc4cccc(Cl)c4)n3)o2)cc1. The molecule has 7 nitrogen and oxygen atoms in total. The van der Waals surface area contributed by atoms with Gasteiger partial charge in [-0.2, -0.15) is 0 Å². The van der Waals surface area contributed by atoms with Crippen LogP contribution in [0.25, 0.3) is 0 Å². The summed E-state index contributed by atoms with van der Waals surface area (Å²) in [4.78, 5) is 16.6. The highest BCUT2D eigenvalue weighted by molar-refractivity contribution is 6.30. The maximum absolute atomic E-state index is 12.5. The summed E-state index contributed by atoms with van der Waals surface area (Å²) >= 11 is 6.01. The van der Waals surface area contributed by atoms with Crippen LogP contribution < -0.4 is 10.1 Å². The number of aromatic nitrogens is 3. The van der Waals surface area contributed by atoms with Gasteiger partial charge in [-0.15, -0.1) is 5.10 Å². The monoisotopic (exact) mass is 450 g/mol. The average molecular weight is 451 g/mol. The second kappa shape index (κ2) is 10.2. The number of nitrogens with one attached hydrogen (secondary N) is 1. The Morgan fingerprint density at radius 1 is 1.12 bits per heavy atom. The molecule has 0 fully saturated rings. The Morgan fingerprint density at radius 2 is 1.97 bits per heavy atom. The fourth-order valence-electron chi connectivity index (χ4n) is 3.19. The van der Waals surface area contributed by atoms with Crippen molar-refractivity contribution in [1.29, 1.82) is 0 Å². The number of carbonyl (C=O) groups excluding carboxylic acids is 1. The first-order chi connectivity index (χ1) is 15.6. The molecule has 0 spiro atoms. The standard InChI is InChI=1S/C24H23ClN4O3/c1-2-4-17-7-9-20(10-8-17)31-15-21-11-12-22(32-21)23(30)27-24-26-16-29(28-24)14-18-5-3-6-19(25)13-18/h3,5-13,16H,2,4,14-15H2,1H3,(H,27,28,30). The molecule has 164 valence electrons. The van der Waals surface area contributed by atoms with Crippen LogP contribution in [0.3, 0.4) is 0 Å². The first-order valence-electron chi connectivity index (χ1n) is 10.3. The Kier molecular flexibility index (Phi) is 6.87. The molecule has 0 unspecified atom stereocenters. The van der Waals surface area contributed by atoms with E-state index >= 15 is 0 Å². The van der Waals surface area contributed by atoms with E-state index in [2.05, 4.69) is 34.5 Å². The number of ether oxygens (including phenoxy) is 1. The molecule has 0 bridgehead atoms. The lowest BCUT2D eigenvalue weighted by Crippen LogP contribution is -2.12. The van der Waals surface area contributed by atoms with Crippen molar-refractivity contribution >= 4 is 23.5 Å². The highest BCUT2D eigenvalue weighted by Gasteiger charge is 2.14. The van der Waals surface area contributed by atoms with E-state index in [9.17, 15) is 4.79 Å². The normalized spacial score (nSPS) is 10.8. The summed E-state index contributed by atoms with van der Waals surface area (Å²) < 4.78 is 13.0. The molecular formula is C24H23ClN4O3. The third-order valence-electron chi connectivity index (χ3n) is 4.72. The topological polar surface area (TPSA) is 82.2 Å². The van der Waals surface area contributed by atoms with E-state index in [1.165, 1.54) is 5.56 Å². The lowest BCUT2D eigenvalue weighted by Gasteiger charge is -2.05. The van der Waals surface area contributed by atoms with E-state index in [0.29, 0.717) is 17.3 Å². The molecule has 4 aromatic rings. The van der Waals surface area contributed by atoms with Gasteiger partial charge in [-0.25, -0.2) is 9.67 Å². The molecular weight excluding hydrogens is 428 g/mol. The fraction of sp³-hybridized carbons (Fsp3) is 0.208. The number of benzene rings is 2. The Morgan fingerprint density at radius 3 is 2.75 bits per heavy atom. The van der Waals surface area contributed by atoms with Crippen LogP contribution in [0, 0.1) is 0 Å². The van der Waals surface area contributed by atoms with E-state index in [-0.39, 0.29) is 18.3 Å². The van der Waals surface area contributed by atoms with E-state index in [1.54, 1.807) is 23.1 Å². The summed E-state index contributed by atoms with van der Waals surface area (Å²) in [5.41, 5.74) is 2.26. The van der Waals surface area contributed by atoms with Crippen molar-refractivity contribution < 1.29 is 13.9 Å². The molecule has 2 aromatic heterocycles. The number of nitrogens with zero attached hydrogens (tertiary/aromatic N) is 3. The molecule has 0 saturated carbocycles. The first kappa shape index (κ1) is 21.6. The molecule has 8 heteroatoms. The molecule has 32 heavy (non-hydrogen) atoms. The number of amides is 1. The Hall–Kier alpha value is -3.58. The van der Waals surface area contributed by atoms with Crippen molar-refractivity contribution in [1.82, 2.24) is 14.8 Å². The summed E-state index contributed by atoms with van der Waals surface area (Å²) in [7, 11) is 0. The number of aryl methyl sites for hydroxylation is 1. The first-order valence-corrected chi connectivity index (χ1v) is 10.7. The summed E-state index contributed by atoms with van der Waals surface area (Å²) in [5, 5.41) is 7.56. The minimum absolute atomic E-state index is 0.160. The molecule has 1 amide bonds. The van der Waals surface area contributed by atoms with Gasteiger partial charge in [-0.3, -0.25) is 10.1 Å². The molecule has 4 rings (SSSR count). The molecule has 0 saturated heterocycles. The Bertz CT molecular complexity index is 1180. The van der Waals surface area contributed by atoms with Crippen LogP contribution in [-0.4, -0.2) is 20.7 Å². The van der Waals surface area contributed by atoms with Crippen LogP contribution in [0.1, 0.15) is 40.8 Å². The van der Waals surface area contributed by atoms with Gasteiger partial charge in [-0.05, 0) is 53.9 Å². The van der Waals surface area contributed by atoms with Gasteiger partial charge in [0.1, 0.15) is 24.4 Å². The van der Waals surface area contributed by atoms with Crippen molar-refractivity contribution in [3.05, 3.63) is 94.7 Å². The summed E-state index contributed by atoms with van der Waals surface area (Å²) in [5.74, 6) is 1.22. The minimum atomic E-state index is -0.430. The van der Waals surface area contributed by atoms with Gasteiger partial charge in [-0.1, -0.05) is 49.2 Å². The zero-order valence-corrected chi connectivity index (χ0v) is 18.4. The lowest BCUT2D eigenvalue weighted by molar-refractivity contribution is 0.0991. The highest BCUT2D eigenvalue weighted by atomic mass is 35.5. The number of halogens is 1. The second-order valence-corrected chi connectivity index (χ2v) is 7.73. The van der Waals surface area contributed by atoms with Gasteiger partial charge in [0.15, 0.2) is 5.76 Å². The van der Waals surface area contributed by atoms with Gasteiger partial charge in [0.05, 0.1) is 6.54 Å². The van der Waals surface area contributed by atoms with Crippen molar-refractivity contribution in [3.63, 3.8) is 0 Å². The number of carbonyl (C=O) groups is 1. The molecule has 0 aliphatic rings. The fourth-order valence-corrected chi connectivity index (χ4v) is 3.40. The number of hydrogen-bond donors (Lipinski definition) is 1. The van der Waals surface area contributed by atoms with E-state index < -0.39 is 5.91 Å². The second-order valence-electron chi connectivity index (χ2n) is 7.30. The number of rotatable bonds is 9. The van der Waals surface area contributed by atoms with Crippen LogP contribution in [0.4, 0.5) is 5.95 Å². The predicted octanol–water partition coefficient (Wildman–Crippen LogP) is 5.36. The van der Waals surface area contributed by atoms with Gasteiger partial charge in [0.2, 0.25) is 5.95 Å². The third kappa shape index (κ3) is 5.76. The highest BCUT2D eigenvalue weighted by Crippen LogP contribution is 2.17. The van der Waals surface area contributed by atoms with Gasteiger partial charge in [0.25, 0.3) is 5.91 Å². The van der Waals surface area contributed by atoms with E-state index in [1.807, 2.05) is 36.4 Å². The molecule has 0 aliphatic heterocycles. The number of anilines is 1. The number of furan rings is 1. The maximum atomic E-state index is 12.5. The predicted molar refractivity (Wildman–Crippen MR) is 122 cm³/mol. The van der Waals surface area contributed by atoms with Crippen molar-refractivity contribution in [3.8, 4) is 5.75 Å². The lowest BCUT2D eigenvalue weighted by atomic mass is 10.1. The van der Waals surface area contributed by atoms with Crippen molar-refractivity contribution in [2.24, 2.45) is 0 Å². The average Bonchev–Trinajstić information content (AvgIpc) is 3.43. The van der Waals surface area contributed by atoms with Gasteiger partial charge in [0, 0.05) is 5.02 Å². The van der Waals surface area contributed by atoms with Crippen LogP contribution in [0.5, 0.6) is 5.75 Å². The van der Waals surface area contributed by atoms with Gasteiger partial charge >= 0.3 is 0 Å². The Labute approximate surface area is 191 Å². The molecule has 1 N–H and O–H groups in total. The quantitative estimate of drug-likeness (QED) is 0.371. The van der Waals surface area contributed by atoms with Crippen LogP contribution in [0.15, 0.2) is 71.4 Å². The van der Waals surface area contributed by atoms with Crippen LogP contribution >= 0.6 is 11.6 Å². The molecule has 0 aliphatic carbocycles. The summed E-state index contributed by atoms with van der Waals surface area (Å²) in [6, 6.07) is 18.8. The maximum Gasteiger partial charge on any atom is 0.293 e. The number of hydrogen-bond acceptors (Lipinski definition) is 5. The van der Waals surface area contributed by atoms with E-state index in [4.69, 9.17) is 20.8 Å². The van der Waals surface area contributed by atoms with Crippen molar-refractivity contribution in [2.45, 2.75) is 32.9 Å². The van der Waals surface area contributed by atoms with Crippen LogP contribution in [-0.2, 0) is 19.6 Å². The van der Waals surface area contributed by atoms with Gasteiger partial charge < -0.3 is 9.15 Å². The zero-order chi connectivity index (χ0) is 22.3.